The smallest absolute Gasteiger partial charge is 0.337 e. The maximum atomic E-state index is 13.1. The number of carbonyl (C=O) groups is 2. The van der Waals surface area contributed by atoms with Gasteiger partial charge < -0.3 is 10.4 Å². The van der Waals surface area contributed by atoms with Gasteiger partial charge in [0, 0.05) is 16.9 Å². The maximum absolute atomic E-state index is 13.1. The molecule has 102 valence electrons. The van der Waals surface area contributed by atoms with Crippen molar-refractivity contribution in [1.82, 2.24) is 4.98 Å². The molecule has 7 heteroatoms. The fourth-order valence-corrected chi connectivity index (χ4v) is 1.70. The summed E-state index contributed by atoms with van der Waals surface area (Å²) >= 11 is 5.66. The molecule has 0 saturated heterocycles. The molecule has 2 N–H and O–H groups in total. The number of aromatic carboxylic acids is 1. The molecule has 1 aromatic carbocycles. The van der Waals surface area contributed by atoms with Crippen molar-refractivity contribution in [1.29, 1.82) is 0 Å². The lowest BCUT2D eigenvalue weighted by atomic mass is 10.2. The van der Waals surface area contributed by atoms with Crippen molar-refractivity contribution in [2.24, 2.45) is 0 Å². The van der Waals surface area contributed by atoms with Crippen LogP contribution in [0.15, 0.2) is 36.5 Å². The first kappa shape index (κ1) is 14.0. The topological polar surface area (TPSA) is 79.3 Å². The highest BCUT2D eigenvalue weighted by molar-refractivity contribution is 6.31. The molecule has 1 amide bonds. The third-order valence-corrected chi connectivity index (χ3v) is 2.58. The van der Waals surface area contributed by atoms with Gasteiger partial charge in [0.25, 0.3) is 5.91 Å². The van der Waals surface area contributed by atoms with E-state index < -0.39 is 17.7 Å². The average molecular weight is 295 g/mol. The number of hydrogen-bond acceptors (Lipinski definition) is 3. The molecule has 0 saturated carbocycles. The third-order valence-electron chi connectivity index (χ3n) is 2.36. The Morgan fingerprint density at radius 1 is 1.25 bits per heavy atom. The molecule has 0 aliphatic carbocycles. The van der Waals surface area contributed by atoms with Crippen LogP contribution in [0.5, 0.6) is 0 Å². The van der Waals surface area contributed by atoms with Crippen LogP contribution in [0, 0.1) is 5.82 Å². The molecule has 0 unspecified atom stereocenters. The Kier molecular flexibility index (Phi) is 3.95. The third kappa shape index (κ3) is 3.30. The van der Waals surface area contributed by atoms with Gasteiger partial charge in [-0.25, -0.2) is 9.18 Å². The Balaban J connectivity index is 2.17. The van der Waals surface area contributed by atoms with Crippen LogP contribution in [0.25, 0.3) is 0 Å². The van der Waals surface area contributed by atoms with Crippen molar-refractivity contribution in [3.05, 3.63) is 58.6 Å². The molecule has 1 aromatic heterocycles. The van der Waals surface area contributed by atoms with E-state index in [2.05, 4.69) is 10.3 Å². The lowest BCUT2D eigenvalue weighted by Crippen LogP contribution is -2.14. The molecule has 5 nitrogen and oxygen atoms in total. The number of carboxylic acid groups (broad SMARTS) is 1. The summed E-state index contributed by atoms with van der Waals surface area (Å²) in [5.74, 6) is -2.31. The SMILES string of the molecule is O=C(O)c1ccc(C(=O)Nc2cc(F)cc(Cl)c2)nc1. The first-order valence-electron chi connectivity index (χ1n) is 5.42. The summed E-state index contributed by atoms with van der Waals surface area (Å²) < 4.78 is 13.1. The number of halogens is 2. The van der Waals surface area contributed by atoms with Gasteiger partial charge in [0.15, 0.2) is 0 Å². The molecule has 2 aromatic rings. The zero-order valence-corrected chi connectivity index (χ0v) is 10.7. The van der Waals surface area contributed by atoms with Gasteiger partial charge in [0.05, 0.1) is 5.56 Å². The number of anilines is 1. The number of carboxylic acids is 1. The van der Waals surface area contributed by atoms with E-state index in [1.54, 1.807) is 0 Å². The molecule has 2 rings (SSSR count). The van der Waals surface area contributed by atoms with Gasteiger partial charge in [-0.1, -0.05) is 11.6 Å². The van der Waals surface area contributed by atoms with E-state index in [4.69, 9.17) is 16.7 Å². The van der Waals surface area contributed by atoms with Crippen LogP contribution in [-0.4, -0.2) is 22.0 Å². The van der Waals surface area contributed by atoms with E-state index >= 15 is 0 Å². The molecule has 0 aliphatic rings. The minimum Gasteiger partial charge on any atom is -0.478 e. The number of aromatic nitrogens is 1. The number of pyridine rings is 1. The predicted molar refractivity (Wildman–Crippen MR) is 70.6 cm³/mol. The van der Waals surface area contributed by atoms with Crippen molar-refractivity contribution in [3.8, 4) is 0 Å². The fourth-order valence-electron chi connectivity index (χ4n) is 1.48. The summed E-state index contributed by atoms with van der Waals surface area (Å²) in [6.07, 6.45) is 1.07. The van der Waals surface area contributed by atoms with E-state index in [1.807, 2.05) is 0 Å². The molecular weight excluding hydrogens is 287 g/mol. The van der Waals surface area contributed by atoms with Gasteiger partial charge in [-0.05, 0) is 30.3 Å². The highest BCUT2D eigenvalue weighted by Crippen LogP contribution is 2.18. The lowest BCUT2D eigenvalue weighted by Gasteiger charge is -2.05. The van der Waals surface area contributed by atoms with E-state index in [1.165, 1.54) is 18.2 Å². The summed E-state index contributed by atoms with van der Waals surface area (Å²) in [5.41, 5.74) is 0.162. The minimum absolute atomic E-state index is 0.00961. The van der Waals surface area contributed by atoms with Crippen molar-refractivity contribution in [2.45, 2.75) is 0 Å². The van der Waals surface area contributed by atoms with Gasteiger partial charge >= 0.3 is 5.97 Å². The van der Waals surface area contributed by atoms with E-state index in [9.17, 15) is 14.0 Å². The number of benzene rings is 1. The first-order valence-corrected chi connectivity index (χ1v) is 5.80. The molecule has 0 aliphatic heterocycles. The Labute approximate surface area is 118 Å². The second-order valence-corrected chi connectivity index (χ2v) is 4.29. The molecule has 0 spiro atoms. The monoisotopic (exact) mass is 294 g/mol. The number of amides is 1. The van der Waals surface area contributed by atoms with Crippen LogP contribution in [0.1, 0.15) is 20.8 Å². The van der Waals surface area contributed by atoms with Gasteiger partial charge in [0.2, 0.25) is 0 Å². The van der Waals surface area contributed by atoms with Crippen molar-refractivity contribution < 1.29 is 19.1 Å². The Hall–Kier alpha value is -2.47. The summed E-state index contributed by atoms with van der Waals surface area (Å²) in [5, 5.41) is 11.3. The van der Waals surface area contributed by atoms with Crippen LogP contribution in [-0.2, 0) is 0 Å². The largest absolute Gasteiger partial charge is 0.478 e. The highest BCUT2D eigenvalue weighted by atomic mass is 35.5. The van der Waals surface area contributed by atoms with Gasteiger partial charge in [-0.15, -0.1) is 0 Å². The highest BCUT2D eigenvalue weighted by Gasteiger charge is 2.10. The second kappa shape index (κ2) is 5.66. The molecule has 0 fully saturated rings. The molecular formula is C13H8ClFN2O3. The Morgan fingerprint density at radius 2 is 2.00 bits per heavy atom. The van der Waals surface area contributed by atoms with Crippen LogP contribution in [0.3, 0.4) is 0 Å². The maximum Gasteiger partial charge on any atom is 0.337 e. The van der Waals surface area contributed by atoms with E-state index in [0.717, 1.165) is 18.3 Å². The standard InChI is InChI=1S/C13H8ClFN2O3/c14-8-3-9(15)5-10(4-8)17-12(18)11-2-1-7(6-16-11)13(19)20/h1-6H,(H,17,18)(H,19,20). The van der Waals surface area contributed by atoms with Crippen LogP contribution < -0.4 is 5.32 Å². The van der Waals surface area contributed by atoms with Crippen molar-refractivity contribution in [3.63, 3.8) is 0 Å². The molecule has 0 radical (unpaired) electrons. The Morgan fingerprint density at radius 3 is 2.55 bits per heavy atom. The van der Waals surface area contributed by atoms with Crippen LogP contribution >= 0.6 is 11.6 Å². The Bertz CT molecular complexity index is 654. The zero-order valence-electron chi connectivity index (χ0n) is 9.93. The molecule has 0 bridgehead atoms. The molecule has 20 heavy (non-hydrogen) atoms. The van der Waals surface area contributed by atoms with Crippen LogP contribution in [0.2, 0.25) is 5.02 Å². The number of rotatable bonds is 3. The number of hydrogen-bond donors (Lipinski definition) is 2. The predicted octanol–water partition coefficient (Wildman–Crippen LogP) is 2.82. The van der Waals surface area contributed by atoms with Crippen molar-refractivity contribution in [2.75, 3.05) is 5.32 Å². The lowest BCUT2D eigenvalue weighted by molar-refractivity contribution is 0.0696. The van der Waals surface area contributed by atoms with E-state index in [0.29, 0.717) is 0 Å². The summed E-state index contributed by atoms with van der Waals surface area (Å²) in [7, 11) is 0. The van der Waals surface area contributed by atoms with E-state index in [-0.39, 0.29) is 22.0 Å². The summed E-state index contributed by atoms with van der Waals surface area (Å²) in [4.78, 5) is 26.2. The first-order chi connectivity index (χ1) is 9.45. The minimum atomic E-state index is -1.14. The molecule has 0 atom stereocenters. The van der Waals surface area contributed by atoms with Gasteiger partial charge in [0.1, 0.15) is 11.5 Å². The number of nitrogens with one attached hydrogen (secondary N) is 1. The number of nitrogens with zero attached hydrogens (tertiary/aromatic N) is 1. The number of carbonyl (C=O) groups excluding carboxylic acids is 1. The summed E-state index contributed by atoms with van der Waals surface area (Å²) in [6, 6.07) is 6.11. The quantitative estimate of drug-likeness (QED) is 0.912. The zero-order chi connectivity index (χ0) is 14.7. The van der Waals surface area contributed by atoms with Crippen LogP contribution in [0.4, 0.5) is 10.1 Å². The van der Waals surface area contributed by atoms with Gasteiger partial charge in [-0.2, -0.15) is 0 Å². The van der Waals surface area contributed by atoms with Gasteiger partial charge in [-0.3, -0.25) is 9.78 Å². The average Bonchev–Trinajstić information content (AvgIpc) is 2.37. The normalized spacial score (nSPS) is 10.1. The fraction of sp³-hybridized carbons (Fsp3) is 0. The van der Waals surface area contributed by atoms with Crippen molar-refractivity contribution >= 4 is 29.2 Å². The summed E-state index contributed by atoms with van der Waals surface area (Å²) in [6.45, 7) is 0. The second-order valence-electron chi connectivity index (χ2n) is 3.85. The molecule has 1 heterocycles.